The molecule has 19 heavy (non-hydrogen) atoms. The molecule has 0 radical (unpaired) electrons. The van der Waals surface area contributed by atoms with Crippen LogP contribution >= 0.6 is 28.1 Å². The Kier molecular flexibility index (Phi) is 4.05. The van der Waals surface area contributed by atoms with Crippen molar-refractivity contribution in [2.24, 2.45) is 17.4 Å². The summed E-state index contributed by atoms with van der Waals surface area (Å²) in [7, 11) is 0. The maximum Gasteiger partial charge on any atom is 0.222 e. The van der Waals surface area contributed by atoms with Crippen LogP contribution < -0.4 is 16.4 Å². The monoisotopic (exact) mass is 345 g/mol. The lowest BCUT2D eigenvalue weighted by Gasteiger charge is -2.20. The molecule has 1 unspecified atom stereocenters. The van der Waals surface area contributed by atoms with Gasteiger partial charge in [-0.2, -0.15) is 0 Å². The zero-order valence-electron chi connectivity index (χ0n) is 10.0. The second kappa shape index (κ2) is 5.42. The van der Waals surface area contributed by atoms with Crippen molar-refractivity contribution in [3.05, 3.63) is 28.0 Å². The van der Waals surface area contributed by atoms with Crippen molar-refractivity contribution >= 4 is 44.7 Å². The first kappa shape index (κ1) is 14.2. The second-order valence-electron chi connectivity index (χ2n) is 4.46. The molecular weight excluding hydrogens is 333 g/mol. The topological polar surface area (TPSA) is 72.4 Å². The predicted octanol–water partition coefficient (Wildman–Crippen LogP) is 1.53. The number of amides is 1. The first-order valence-electron chi connectivity index (χ1n) is 5.74. The lowest BCUT2D eigenvalue weighted by atomic mass is 10.1. The largest absolute Gasteiger partial charge is 0.389 e. The number of hydrogen-bond acceptors (Lipinski definition) is 3. The number of primary amides is 1. The second-order valence-corrected chi connectivity index (χ2v) is 5.69. The summed E-state index contributed by atoms with van der Waals surface area (Å²) >= 11 is 8.01. The molecule has 1 aliphatic rings. The number of thiocarbonyl (C=S) groups is 1. The molecule has 0 spiro atoms. The Morgan fingerprint density at radius 2 is 2.16 bits per heavy atom. The minimum absolute atomic E-state index is 0.133. The molecule has 7 heteroatoms. The maximum absolute atomic E-state index is 14.3. The van der Waals surface area contributed by atoms with Crippen molar-refractivity contribution < 1.29 is 9.18 Å². The van der Waals surface area contributed by atoms with Gasteiger partial charge in [0.2, 0.25) is 5.91 Å². The Balaban J connectivity index is 2.30. The Labute approximate surface area is 124 Å². The molecule has 0 aromatic heterocycles. The Morgan fingerprint density at radius 1 is 1.47 bits per heavy atom. The zero-order chi connectivity index (χ0) is 14.2. The third-order valence-electron chi connectivity index (χ3n) is 3.26. The van der Waals surface area contributed by atoms with Crippen LogP contribution in [0.15, 0.2) is 16.6 Å². The van der Waals surface area contributed by atoms with E-state index in [0.717, 1.165) is 0 Å². The molecule has 1 aliphatic heterocycles. The fourth-order valence-corrected chi connectivity index (χ4v) is 3.04. The molecule has 4 nitrogen and oxygen atoms in total. The number of hydrogen-bond donors (Lipinski definition) is 2. The van der Waals surface area contributed by atoms with Gasteiger partial charge in [-0.15, -0.1) is 0 Å². The molecule has 1 saturated heterocycles. The highest BCUT2D eigenvalue weighted by atomic mass is 79.9. The Hall–Kier alpha value is -1.21. The van der Waals surface area contributed by atoms with E-state index < -0.39 is 5.82 Å². The average molecular weight is 346 g/mol. The third-order valence-corrected chi connectivity index (χ3v) is 4.25. The third kappa shape index (κ3) is 2.71. The van der Waals surface area contributed by atoms with Crippen molar-refractivity contribution in [1.29, 1.82) is 0 Å². The standard InChI is InChI=1S/C12H13BrFN3OS/c13-9-7(12(16)19)1-2-8(10(9)14)17-4-3-6(5-17)11(15)18/h1-2,6H,3-5H2,(H2,15,18)(H2,16,19). The van der Waals surface area contributed by atoms with Crippen molar-refractivity contribution in [3.8, 4) is 0 Å². The summed E-state index contributed by atoms with van der Waals surface area (Å²) in [6.45, 7) is 1.04. The lowest BCUT2D eigenvalue weighted by molar-refractivity contribution is -0.121. The van der Waals surface area contributed by atoms with Crippen LogP contribution in [0.25, 0.3) is 0 Å². The minimum Gasteiger partial charge on any atom is -0.389 e. The molecule has 0 bridgehead atoms. The van der Waals surface area contributed by atoms with Crippen molar-refractivity contribution in [1.82, 2.24) is 0 Å². The van der Waals surface area contributed by atoms with Crippen LogP contribution in [-0.4, -0.2) is 24.0 Å². The predicted molar refractivity (Wildman–Crippen MR) is 79.5 cm³/mol. The normalized spacial score (nSPS) is 18.6. The first-order chi connectivity index (χ1) is 8.91. The number of nitrogens with zero attached hydrogens (tertiary/aromatic N) is 1. The molecule has 1 atom stereocenters. The van der Waals surface area contributed by atoms with Gasteiger partial charge < -0.3 is 16.4 Å². The molecule has 1 aromatic carbocycles. The van der Waals surface area contributed by atoms with Gasteiger partial charge in [0, 0.05) is 18.7 Å². The summed E-state index contributed by atoms with van der Waals surface area (Å²) in [4.78, 5) is 13.1. The van der Waals surface area contributed by atoms with E-state index in [-0.39, 0.29) is 21.3 Å². The number of carbonyl (C=O) groups excluding carboxylic acids is 1. The highest BCUT2D eigenvalue weighted by Gasteiger charge is 2.29. The molecule has 102 valence electrons. The van der Waals surface area contributed by atoms with Gasteiger partial charge in [-0.25, -0.2) is 4.39 Å². The number of benzene rings is 1. The molecule has 1 amide bonds. The SMILES string of the molecule is NC(=O)C1CCN(c2ccc(C(N)=S)c(Br)c2F)C1. The molecule has 0 saturated carbocycles. The fraction of sp³-hybridized carbons (Fsp3) is 0.333. The number of halogens is 2. The van der Waals surface area contributed by atoms with E-state index in [9.17, 15) is 9.18 Å². The molecule has 4 N–H and O–H groups in total. The number of carbonyl (C=O) groups is 1. The van der Waals surface area contributed by atoms with E-state index in [4.69, 9.17) is 23.7 Å². The summed E-state index contributed by atoms with van der Waals surface area (Å²) < 4.78 is 14.5. The highest BCUT2D eigenvalue weighted by Crippen LogP contribution is 2.32. The van der Waals surface area contributed by atoms with Gasteiger partial charge in [-0.3, -0.25) is 4.79 Å². The van der Waals surface area contributed by atoms with E-state index in [0.29, 0.717) is 30.8 Å². The average Bonchev–Trinajstić information content (AvgIpc) is 2.81. The minimum atomic E-state index is -0.421. The van der Waals surface area contributed by atoms with E-state index in [1.165, 1.54) is 0 Å². The molecule has 1 aromatic rings. The van der Waals surface area contributed by atoms with Crippen LogP contribution in [0, 0.1) is 11.7 Å². The zero-order valence-corrected chi connectivity index (χ0v) is 12.4. The van der Waals surface area contributed by atoms with Crippen LogP contribution in [0.2, 0.25) is 0 Å². The summed E-state index contributed by atoms with van der Waals surface area (Å²) in [6, 6.07) is 3.29. The van der Waals surface area contributed by atoms with E-state index in [1.54, 1.807) is 17.0 Å². The van der Waals surface area contributed by atoms with Crippen LogP contribution in [0.4, 0.5) is 10.1 Å². The van der Waals surface area contributed by atoms with Gasteiger partial charge in [-0.05, 0) is 34.5 Å². The fourth-order valence-electron chi connectivity index (χ4n) is 2.19. The number of nitrogens with two attached hydrogens (primary N) is 2. The smallest absolute Gasteiger partial charge is 0.222 e. The summed E-state index contributed by atoms with van der Waals surface area (Å²) in [5.74, 6) is -0.995. The molecule has 0 aliphatic carbocycles. The molecule has 1 fully saturated rings. The van der Waals surface area contributed by atoms with Crippen molar-refractivity contribution in [3.63, 3.8) is 0 Å². The van der Waals surface area contributed by atoms with Gasteiger partial charge in [0.15, 0.2) is 5.82 Å². The van der Waals surface area contributed by atoms with Gasteiger partial charge in [0.1, 0.15) is 4.99 Å². The van der Waals surface area contributed by atoms with Gasteiger partial charge in [0.25, 0.3) is 0 Å². The van der Waals surface area contributed by atoms with Gasteiger partial charge in [-0.1, -0.05) is 12.2 Å². The maximum atomic E-state index is 14.3. The molecule has 1 heterocycles. The highest BCUT2D eigenvalue weighted by molar-refractivity contribution is 9.10. The van der Waals surface area contributed by atoms with Crippen LogP contribution in [0.3, 0.4) is 0 Å². The van der Waals surface area contributed by atoms with E-state index in [2.05, 4.69) is 15.9 Å². The van der Waals surface area contributed by atoms with Crippen LogP contribution in [0.1, 0.15) is 12.0 Å². The quantitative estimate of drug-likeness (QED) is 0.815. The summed E-state index contributed by atoms with van der Waals surface area (Å²) in [5.41, 5.74) is 11.7. The Morgan fingerprint density at radius 3 is 2.68 bits per heavy atom. The van der Waals surface area contributed by atoms with Crippen molar-refractivity contribution in [2.75, 3.05) is 18.0 Å². The lowest BCUT2D eigenvalue weighted by Crippen LogP contribution is -2.27. The van der Waals surface area contributed by atoms with Gasteiger partial charge >= 0.3 is 0 Å². The van der Waals surface area contributed by atoms with Gasteiger partial charge in [0.05, 0.1) is 16.1 Å². The number of anilines is 1. The molecule has 2 rings (SSSR count). The summed E-state index contributed by atoms with van der Waals surface area (Å²) in [6.07, 6.45) is 0.642. The van der Waals surface area contributed by atoms with Crippen LogP contribution in [-0.2, 0) is 4.79 Å². The molecular formula is C12H13BrFN3OS. The van der Waals surface area contributed by atoms with Crippen LogP contribution in [0.5, 0.6) is 0 Å². The summed E-state index contributed by atoms with van der Waals surface area (Å²) in [5, 5.41) is 0. The number of rotatable bonds is 3. The van der Waals surface area contributed by atoms with E-state index >= 15 is 0 Å². The van der Waals surface area contributed by atoms with Crippen molar-refractivity contribution in [2.45, 2.75) is 6.42 Å². The first-order valence-corrected chi connectivity index (χ1v) is 6.94. The Bertz CT molecular complexity index is 552. The van der Waals surface area contributed by atoms with E-state index in [1.807, 2.05) is 0 Å².